The van der Waals surface area contributed by atoms with Gasteiger partial charge in [-0.25, -0.2) is 4.99 Å². The summed E-state index contributed by atoms with van der Waals surface area (Å²) in [4.78, 5) is 21.8. The van der Waals surface area contributed by atoms with E-state index in [-0.39, 0.29) is 5.91 Å². The molecule has 2 aliphatic rings. The number of hydrogen-bond acceptors (Lipinski definition) is 3. The van der Waals surface area contributed by atoms with Crippen LogP contribution in [-0.4, -0.2) is 68.5 Å². The Kier molecular flexibility index (Phi) is 7.53. The smallest absolute Gasteiger partial charge is 0.251 e. The molecule has 1 aliphatic carbocycles. The van der Waals surface area contributed by atoms with Crippen LogP contribution in [0.2, 0.25) is 0 Å². The molecular formula is C23H37N5O. The molecule has 0 radical (unpaired) electrons. The first-order valence-electron chi connectivity index (χ1n) is 11.1. The number of rotatable bonds is 7. The second-order valence-electron chi connectivity index (χ2n) is 8.81. The zero-order valence-electron chi connectivity index (χ0n) is 18.3. The molecule has 0 atom stereocenters. The average Bonchev–Trinajstić information content (AvgIpc) is 3.35. The molecule has 1 heterocycles. The molecule has 2 fully saturated rings. The number of guanidine groups is 1. The minimum absolute atomic E-state index is 0.0210. The molecule has 1 saturated carbocycles. The van der Waals surface area contributed by atoms with Crippen molar-refractivity contribution in [3.05, 3.63) is 35.4 Å². The minimum Gasteiger partial charge on any atom is -0.357 e. The molecule has 1 aromatic carbocycles. The Bertz CT molecular complexity index is 709. The standard InChI is InChI=1S/C23H37N5O/c1-4-24-22(28-14-12-23(18-28)10-5-6-11-23)26-17-19-8-7-9-20(16-19)21(29)25-13-15-27(2)3/h7-9,16H,4-6,10-15,17-18H2,1-3H3,(H,24,26)(H,25,29). The number of likely N-dealkylation sites (tertiary alicyclic amines) is 1. The molecule has 29 heavy (non-hydrogen) atoms. The number of carbonyl (C=O) groups is 1. The van der Waals surface area contributed by atoms with Crippen molar-refractivity contribution in [2.75, 3.05) is 46.8 Å². The predicted molar refractivity (Wildman–Crippen MR) is 119 cm³/mol. The van der Waals surface area contributed by atoms with Gasteiger partial charge in [-0.3, -0.25) is 4.79 Å². The van der Waals surface area contributed by atoms with E-state index < -0.39 is 0 Å². The lowest BCUT2D eigenvalue weighted by atomic mass is 9.86. The van der Waals surface area contributed by atoms with Crippen molar-refractivity contribution in [2.24, 2.45) is 10.4 Å². The molecule has 0 bridgehead atoms. The Morgan fingerprint density at radius 3 is 2.72 bits per heavy atom. The number of nitrogens with zero attached hydrogens (tertiary/aromatic N) is 3. The Labute approximate surface area is 175 Å². The van der Waals surface area contributed by atoms with Crippen molar-refractivity contribution < 1.29 is 4.79 Å². The molecule has 1 aliphatic heterocycles. The third-order valence-corrected chi connectivity index (χ3v) is 6.18. The molecule has 0 unspecified atom stereocenters. The number of nitrogens with one attached hydrogen (secondary N) is 2. The number of hydrogen-bond donors (Lipinski definition) is 2. The third-order valence-electron chi connectivity index (χ3n) is 6.18. The van der Waals surface area contributed by atoms with Crippen molar-refractivity contribution in [3.63, 3.8) is 0 Å². The maximum atomic E-state index is 12.4. The molecule has 1 amide bonds. The average molecular weight is 400 g/mol. The van der Waals surface area contributed by atoms with Gasteiger partial charge in [0, 0.05) is 38.3 Å². The third kappa shape index (κ3) is 5.95. The van der Waals surface area contributed by atoms with Crippen LogP contribution < -0.4 is 10.6 Å². The van der Waals surface area contributed by atoms with Gasteiger partial charge in [-0.2, -0.15) is 0 Å². The van der Waals surface area contributed by atoms with Gasteiger partial charge in [0.05, 0.1) is 6.54 Å². The predicted octanol–water partition coefficient (Wildman–Crippen LogP) is 2.71. The first kappa shape index (κ1) is 21.6. The summed E-state index contributed by atoms with van der Waals surface area (Å²) in [6.45, 7) is 7.29. The van der Waals surface area contributed by atoms with Crippen LogP contribution in [-0.2, 0) is 6.54 Å². The summed E-state index contributed by atoms with van der Waals surface area (Å²) in [6.07, 6.45) is 6.79. The number of amides is 1. The summed E-state index contributed by atoms with van der Waals surface area (Å²) >= 11 is 0. The first-order chi connectivity index (χ1) is 14.0. The molecule has 1 saturated heterocycles. The highest BCUT2D eigenvalue weighted by molar-refractivity contribution is 5.94. The highest BCUT2D eigenvalue weighted by Crippen LogP contribution is 2.45. The second kappa shape index (κ2) is 10.1. The van der Waals surface area contributed by atoms with Gasteiger partial charge < -0.3 is 20.4 Å². The van der Waals surface area contributed by atoms with E-state index in [2.05, 4.69) is 27.4 Å². The molecule has 3 rings (SSSR count). The summed E-state index contributed by atoms with van der Waals surface area (Å²) in [5.74, 6) is 0.990. The van der Waals surface area contributed by atoms with Gasteiger partial charge in [0.25, 0.3) is 5.91 Å². The number of benzene rings is 1. The quantitative estimate of drug-likeness (QED) is 0.547. The van der Waals surface area contributed by atoms with Gasteiger partial charge in [0.15, 0.2) is 5.96 Å². The second-order valence-corrected chi connectivity index (χ2v) is 8.81. The van der Waals surface area contributed by atoms with E-state index in [0.29, 0.717) is 24.1 Å². The maximum Gasteiger partial charge on any atom is 0.251 e. The molecule has 2 N–H and O–H groups in total. The topological polar surface area (TPSA) is 60.0 Å². The Balaban J connectivity index is 1.61. The van der Waals surface area contributed by atoms with Crippen LogP contribution in [0.3, 0.4) is 0 Å². The molecule has 1 spiro atoms. The van der Waals surface area contributed by atoms with Crippen molar-refractivity contribution in [3.8, 4) is 0 Å². The highest BCUT2D eigenvalue weighted by Gasteiger charge is 2.41. The fourth-order valence-electron chi connectivity index (χ4n) is 4.55. The number of likely N-dealkylation sites (N-methyl/N-ethyl adjacent to an activating group) is 1. The van der Waals surface area contributed by atoms with Crippen LogP contribution >= 0.6 is 0 Å². The lowest BCUT2D eigenvalue weighted by molar-refractivity contribution is 0.0951. The summed E-state index contributed by atoms with van der Waals surface area (Å²) in [5.41, 5.74) is 2.30. The van der Waals surface area contributed by atoms with Gasteiger partial charge >= 0.3 is 0 Å². The first-order valence-corrected chi connectivity index (χ1v) is 11.1. The lowest BCUT2D eigenvalue weighted by Gasteiger charge is -2.26. The maximum absolute atomic E-state index is 12.4. The van der Waals surface area contributed by atoms with Crippen LogP contribution in [0.5, 0.6) is 0 Å². The molecule has 6 heteroatoms. The molecular weight excluding hydrogens is 362 g/mol. The Hall–Kier alpha value is -2.08. The van der Waals surface area contributed by atoms with E-state index in [1.165, 1.54) is 32.1 Å². The van der Waals surface area contributed by atoms with Crippen LogP contribution in [0.1, 0.15) is 54.9 Å². The fraction of sp³-hybridized carbons (Fsp3) is 0.652. The Morgan fingerprint density at radius 2 is 2.00 bits per heavy atom. The van der Waals surface area contributed by atoms with Crippen LogP contribution in [0.15, 0.2) is 29.3 Å². The van der Waals surface area contributed by atoms with Gasteiger partial charge in [-0.05, 0) is 63.4 Å². The molecule has 160 valence electrons. The van der Waals surface area contributed by atoms with Crippen LogP contribution in [0, 0.1) is 5.41 Å². The van der Waals surface area contributed by atoms with Gasteiger partial charge in [-0.15, -0.1) is 0 Å². The number of carbonyl (C=O) groups excluding carboxylic acids is 1. The van der Waals surface area contributed by atoms with Gasteiger partial charge in [-0.1, -0.05) is 25.0 Å². The summed E-state index contributed by atoms with van der Waals surface area (Å²) in [7, 11) is 4.00. The Morgan fingerprint density at radius 1 is 1.21 bits per heavy atom. The van der Waals surface area contributed by atoms with E-state index >= 15 is 0 Å². The SMILES string of the molecule is CCNC(=NCc1cccc(C(=O)NCCN(C)C)c1)N1CCC2(CCCC2)C1. The van der Waals surface area contributed by atoms with E-state index in [1.54, 1.807) is 0 Å². The van der Waals surface area contributed by atoms with Crippen molar-refractivity contribution in [1.29, 1.82) is 0 Å². The normalized spacial score (nSPS) is 18.6. The summed E-state index contributed by atoms with van der Waals surface area (Å²) in [6, 6.07) is 7.82. The summed E-state index contributed by atoms with van der Waals surface area (Å²) in [5, 5.41) is 6.45. The lowest BCUT2D eigenvalue weighted by Crippen LogP contribution is -2.41. The molecule has 6 nitrogen and oxygen atoms in total. The molecule has 1 aromatic rings. The van der Waals surface area contributed by atoms with E-state index in [1.807, 2.05) is 38.4 Å². The number of aliphatic imine (C=N–C) groups is 1. The molecule has 0 aromatic heterocycles. The largest absolute Gasteiger partial charge is 0.357 e. The van der Waals surface area contributed by atoms with Gasteiger partial charge in [0.1, 0.15) is 0 Å². The van der Waals surface area contributed by atoms with Crippen molar-refractivity contribution in [2.45, 2.75) is 45.6 Å². The van der Waals surface area contributed by atoms with Crippen LogP contribution in [0.25, 0.3) is 0 Å². The van der Waals surface area contributed by atoms with Crippen LogP contribution in [0.4, 0.5) is 0 Å². The van der Waals surface area contributed by atoms with Gasteiger partial charge in [0.2, 0.25) is 0 Å². The fourth-order valence-corrected chi connectivity index (χ4v) is 4.55. The minimum atomic E-state index is -0.0210. The van der Waals surface area contributed by atoms with E-state index in [0.717, 1.165) is 37.7 Å². The van der Waals surface area contributed by atoms with E-state index in [9.17, 15) is 4.79 Å². The van der Waals surface area contributed by atoms with Crippen molar-refractivity contribution >= 4 is 11.9 Å². The van der Waals surface area contributed by atoms with E-state index in [4.69, 9.17) is 4.99 Å². The summed E-state index contributed by atoms with van der Waals surface area (Å²) < 4.78 is 0. The zero-order chi connectivity index (χ0) is 20.7. The zero-order valence-corrected chi connectivity index (χ0v) is 18.3. The monoisotopic (exact) mass is 399 g/mol. The van der Waals surface area contributed by atoms with Crippen molar-refractivity contribution in [1.82, 2.24) is 20.4 Å². The highest BCUT2D eigenvalue weighted by atomic mass is 16.1.